The average molecular weight is 242 g/mol. The first-order valence-electron chi connectivity index (χ1n) is 5.25. The molecule has 1 rings (SSSR count). The number of nitrogens with two attached hydrogens (primary N) is 2. The number of hydrogen-bond acceptors (Lipinski definition) is 3. The molecule has 0 spiro atoms. The van der Waals surface area contributed by atoms with Crippen molar-refractivity contribution in [2.45, 2.75) is 37.1 Å². The molecule has 0 aromatic heterocycles. The van der Waals surface area contributed by atoms with Gasteiger partial charge in [0.2, 0.25) is 10.0 Å². The molecule has 0 fully saturated rings. The van der Waals surface area contributed by atoms with E-state index in [9.17, 15) is 8.42 Å². The molecule has 5 heteroatoms. The lowest BCUT2D eigenvalue weighted by Gasteiger charge is -2.20. The standard InChI is InChI=1S/C11H18N2O2S/c1-3-10(12)8(2)9-6-4-5-7-11(9)16(13,14)15/h4-8,10H,3,12H2,1-2H3,(H2,13,14,15). The van der Waals surface area contributed by atoms with E-state index in [0.717, 1.165) is 6.42 Å². The lowest BCUT2D eigenvalue weighted by atomic mass is 9.92. The zero-order chi connectivity index (χ0) is 12.3. The number of benzene rings is 1. The van der Waals surface area contributed by atoms with Crippen LogP contribution in [0.15, 0.2) is 29.2 Å². The van der Waals surface area contributed by atoms with Crippen LogP contribution in [0, 0.1) is 0 Å². The summed E-state index contributed by atoms with van der Waals surface area (Å²) in [6.45, 7) is 3.89. The zero-order valence-electron chi connectivity index (χ0n) is 9.55. The Balaban J connectivity index is 3.24. The van der Waals surface area contributed by atoms with Crippen LogP contribution in [0.25, 0.3) is 0 Å². The molecular formula is C11H18N2O2S. The predicted molar refractivity (Wildman–Crippen MR) is 64.5 cm³/mol. The van der Waals surface area contributed by atoms with Crippen LogP contribution >= 0.6 is 0 Å². The molecule has 0 radical (unpaired) electrons. The normalized spacial score (nSPS) is 15.8. The first-order valence-corrected chi connectivity index (χ1v) is 6.79. The Bertz CT molecular complexity index is 457. The van der Waals surface area contributed by atoms with Crippen molar-refractivity contribution in [3.63, 3.8) is 0 Å². The van der Waals surface area contributed by atoms with Gasteiger partial charge in [0.15, 0.2) is 0 Å². The second-order valence-electron chi connectivity index (χ2n) is 3.94. The summed E-state index contributed by atoms with van der Waals surface area (Å²) in [5.74, 6) is -0.0282. The molecule has 0 heterocycles. The van der Waals surface area contributed by atoms with Crippen molar-refractivity contribution in [3.05, 3.63) is 29.8 Å². The molecule has 0 aliphatic heterocycles. The van der Waals surface area contributed by atoms with E-state index in [0.29, 0.717) is 5.56 Å². The fourth-order valence-corrected chi connectivity index (χ4v) is 2.55. The van der Waals surface area contributed by atoms with E-state index in [1.165, 1.54) is 6.07 Å². The minimum atomic E-state index is -3.68. The van der Waals surface area contributed by atoms with Gasteiger partial charge in [0, 0.05) is 6.04 Å². The molecule has 4 N–H and O–H groups in total. The van der Waals surface area contributed by atoms with E-state index in [2.05, 4.69) is 0 Å². The second kappa shape index (κ2) is 4.95. The quantitative estimate of drug-likeness (QED) is 0.831. The minimum absolute atomic E-state index is 0.0282. The summed E-state index contributed by atoms with van der Waals surface area (Å²) in [4.78, 5) is 0.173. The molecule has 2 unspecified atom stereocenters. The molecule has 90 valence electrons. The summed E-state index contributed by atoms with van der Waals surface area (Å²) in [6.07, 6.45) is 0.792. The third kappa shape index (κ3) is 2.81. The molecule has 0 aliphatic carbocycles. The van der Waals surface area contributed by atoms with E-state index < -0.39 is 10.0 Å². The van der Waals surface area contributed by atoms with Crippen molar-refractivity contribution >= 4 is 10.0 Å². The Kier molecular flexibility index (Phi) is 4.07. The highest BCUT2D eigenvalue weighted by Gasteiger charge is 2.20. The smallest absolute Gasteiger partial charge is 0.238 e. The van der Waals surface area contributed by atoms with Crippen molar-refractivity contribution in [1.82, 2.24) is 0 Å². The Morgan fingerprint density at radius 3 is 2.38 bits per heavy atom. The first-order chi connectivity index (χ1) is 7.38. The van der Waals surface area contributed by atoms with Crippen molar-refractivity contribution < 1.29 is 8.42 Å². The molecule has 16 heavy (non-hydrogen) atoms. The van der Waals surface area contributed by atoms with Gasteiger partial charge in [-0.1, -0.05) is 32.0 Å². The molecule has 0 bridgehead atoms. The van der Waals surface area contributed by atoms with Gasteiger partial charge in [0.25, 0.3) is 0 Å². The Morgan fingerprint density at radius 1 is 1.31 bits per heavy atom. The van der Waals surface area contributed by atoms with Gasteiger partial charge in [-0.2, -0.15) is 0 Å². The van der Waals surface area contributed by atoms with Gasteiger partial charge < -0.3 is 5.73 Å². The van der Waals surface area contributed by atoms with Crippen LogP contribution in [0.1, 0.15) is 31.7 Å². The molecule has 0 amide bonds. The second-order valence-corrected chi connectivity index (χ2v) is 5.47. The van der Waals surface area contributed by atoms with E-state index in [4.69, 9.17) is 10.9 Å². The van der Waals surface area contributed by atoms with Crippen LogP contribution in [0.4, 0.5) is 0 Å². The summed E-state index contributed by atoms with van der Waals surface area (Å²) in [7, 11) is -3.68. The number of hydrogen-bond donors (Lipinski definition) is 2. The maximum Gasteiger partial charge on any atom is 0.238 e. The van der Waals surface area contributed by atoms with E-state index in [1.54, 1.807) is 18.2 Å². The minimum Gasteiger partial charge on any atom is -0.327 e. The van der Waals surface area contributed by atoms with E-state index >= 15 is 0 Å². The van der Waals surface area contributed by atoms with Crippen LogP contribution in [-0.4, -0.2) is 14.5 Å². The van der Waals surface area contributed by atoms with Crippen molar-refractivity contribution in [3.8, 4) is 0 Å². The topological polar surface area (TPSA) is 86.2 Å². The lowest BCUT2D eigenvalue weighted by Crippen LogP contribution is -2.27. The molecule has 1 aromatic rings. The molecule has 0 saturated carbocycles. The maximum atomic E-state index is 11.4. The van der Waals surface area contributed by atoms with Crippen molar-refractivity contribution in [1.29, 1.82) is 0 Å². The molecular weight excluding hydrogens is 224 g/mol. The Labute approximate surface area is 96.7 Å². The summed E-state index contributed by atoms with van der Waals surface area (Å²) in [5.41, 5.74) is 6.62. The highest BCUT2D eigenvalue weighted by molar-refractivity contribution is 7.89. The molecule has 0 saturated heterocycles. The summed E-state index contributed by atoms with van der Waals surface area (Å²) < 4.78 is 22.8. The van der Waals surface area contributed by atoms with Gasteiger partial charge in [-0.15, -0.1) is 0 Å². The number of sulfonamides is 1. The first kappa shape index (κ1) is 13.2. The number of primary sulfonamides is 1. The SMILES string of the molecule is CCC(N)C(C)c1ccccc1S(N)(=O)=O. The molecule has 0 aliphatic rings. The van der Waals surface area contributed by atoms with Gasteiger partial charge in [-0.05, 0) is 24.0 Å². The van der Waals surface area contributed by atoms with Crippen LogP contribution in [0.3, 0.4) is 0 Å². The largest absolute Gasteiger partial charge is 0.327 e. The van der Waals surface area contributed by atoms with Crippen LogP contribution in [-0.2, 0) is 10.0 Å². The predicted octanol–water partition coefficient (Wildman–Crippen LogP) is 1.17. The Morgan fingerprint density at radius 2 is 1.88 bits per heavy atom. The zero-order valence-corrected chi connectivity index (χ0v) is 10.4. The third-order valence-corrected chi connectivity index (χ3v) is 3.81. The van der Waals surface area contributed by atoms with Gasteiger partial charge >= 0.3 is 0 Å². The molecule has 4 nitrogen and oxygen atoms in total. The van der Waals surface area contributed by atoms with E-state index in [-0.39, 0.29) is 16.9 Å². The monoisotopic (exact) mass is 242 g/mol. The fraction of sp³-hybridized carbons (Fsp3) is 0.455. The number of rotatable bonds is 4. The highest BCUT2D eigenvalue weighted by atomic mass is 32.2. The maximum absolute atomic E-state index is 11.4. The summed E-state index contributed by atoms with van der Waals surface area (Å²) >= 11 is 0. The van der Waals surface area contributed by atoms with Crippen LogP contribution in [0.2, 0.25) is 0 Å². The summed E-state index contributed by atoms with van der Waals surface area (Å²) in [6, 6.07) is 6.67. The third-order valence-electron chi connectivity index (χ3n) is 2.83. The lowest BCUT2D eigenvalue weighted by molar-refractivity contribution is 0.540. The van der Waals surface area contributed by atoms with Gasteiger partial charge in [-0.3, -0.25) is 0 Å². The molecule has 1 aromatic carbocycles. The fourth-order valence-electron chi connectivity index (χ4n) is 1.70. The highest BCUT2D eigenvalue weighted by Crippen LogP contribution is 2.25. The Hall–Kier alpha value is -0.910. The average Bonchev–Trinajstić information content (AvgIpc) is 2.26. The van der Waals surface area contributed by atoms with Crippen molar-refractivity contribution in [2.24, 2.45) is 10.9 Å². The summed E-state index contributed by atoms with van der Waals surface area (Å²) in [5, 5.41) is 5.17. The van der Waals surface area contributed by atoms with Crippen LogP contribution in [0.5, 0.6) is 0 Å². The molecule has 2 atom stereocenters. The van der Waals surface area contributed by atoms with Crippen LogP contribution < -0.4 is 10.9 Å². The van der Waals surface area contributed by atoms with Gasteiger partial charge in [0.05, 0.1) is 4.90 Å². The van der Waals surface area contributed by atoms with E-state index in [1.807, 2.05) is 13.8 Å². The van der Waals surface area contributed by atoms with Gasteiger partial charge in [-0.25, -0.2) is 13.6 Å². The van der Waals surface area contributed by atoms with Gasteiger partial charge in [0.1, 0.15) is 0 Å². The van der Waals surface area contributed by atoms with Crippen molar-refractivity contribution in [2.75, 3.05) is 0 Å².